The summed E-state index contributed by atoms with van der Waals surface area (Å²) in [5.74, 6) is -1.82. The van der Waals surface area contributed by atoms with Crippen molar-refractivity contribution in [2.45, 2.75) is 13.0 Å². The molecule has 0 aromatic heterocycles. The van der Waals surface area contributed by atoms with Crippen LogP contribution in [0.4, 0.5) is 8.78 Å². The van der Waals surface area contributed by atoms with Crippen molar-refractivity contribution in [2.24, 2.45) is 17.4 Å². The van der Waals surface area contributed by atoms with Gasteiger partial charge in [0.05, 0.1) is 6.04 Å². The van der Waals surface area contributed by atoms with Crippen LogP contribution in [0, 0.1) is 5.92 Å². The molecule has 0 aromatic carbocycles. The summed E-state index contributed by atoms with van der Waals surface area (Å²) in [6.45, 7) is 1.59. The van der Waals surface area contributed by atoms with Gasteiger partial charge in [0.1, 0.15) is 11.7 Å². The van der Waals surface area contributed by atoms with Crippen LogP contribution in [0.25, 0.3) is 0 Å². The molecule has 11 heavy (non-hydrogen) atoms. The Morgan fingerprint density at radius 2 is 2.00 bits per heavy atom. The van der Waals surface area contributed by atoms with Crippen molar-refractivity contribution in [3.63, 3.8) is 0 Å². The van der Waals surface area contributed by atoms with Crippen molar-refractivity contribution in [1.82, 2.24) is 0 Å². The van der Waals surface area contributed by atoms with E-state index in [1.807, 2.05) is 0 Å². The van der Waals surface area contributed by atoms with Crippen LogP contribution in [-0.4, -0.2) is 6.04 Å². The van der Waals surface area contributed by atoms with Crippen LogP contribution in [0.5, 0.6) is 0 Å². The van der Waals surface area contributed by atoms with Gasteiger partial charge in [0.25, 0.3) is 0 Å². The predicted octanol–water partition coefficient (Wildman–Crippen LogP) is 0.957. The van der Waals surface area contributed by atoms with E-state index in [1.165, 1.54) is 0 Å². The van der Waals surface area contributed by atoms with E-state index in [0.29, 0.717) is 0 Å². The van der Waals surface area contributed by atoms with Crippen molar-refractivity contribution < 1.29 is 8.78 Å². The van der Waals surface area contributed by atoms with Crippen molar-refractivity contribution in [2.75, 3.05) is 0 Å². The van der Waals surface area contributed by atoms with Crippen LogP contribution in [0.3, 0.4) is 0 Å². The molecule has 2 nitrogen and oxygen atoms in total. The lowest BCUT2D eigenvalue weighted by molar-refractivity contribution is 0.433. The second-order valence-corrected chi connectivity index (χ2v) is 2.65. The maximum atomic E-state index is 12.7. The Bertz CT molecular complexity index is 233. The molecule has 0 heterocycles. The molecular weight excluding hydrogens is 150 g/mol. The predicted molar refractivity (Wildman–Crippen MR) is 38.7 cm³/mol. The Morgan fingerprint density at radius 1 is 1.45 bits per heavy atom. The van der Waals surface area contributed by atoms with Gasteiger partial charge in [-0.25, -0.2) is 8.78 Å². The molecule has 0 spiro atoms. The molecule has 1 aliphatic rings. The number of rotatable bonds is 0. The first-order chi connectivity index (χ1) is 5.04. The number of nitrogens with two attached hydrogens (primary N) is 2. The summed E-state index contributed by atoms with van der Waals surface area (Å²) in [7, 11) is 0. The third-order valence-electron chi connectivity index (χ3n) is 1.89. The first-order valence-electron chi connectivity index (χ1n) is 3.32. The van der Waals surface area contributed by atoms with Crippen LogP contribution in [0.1, 0.15) is 6.92 Å². The standard InChI is InChI=1S/C7H10F2N2/c1-3-6(10)4(8)2-5(9)7(3)11/h2-3,6H,10-11H2,1H3. The summed E-state index contributed by atoms with van der Waals surface area (Å²) in [6.07, 6.45) is 0.736. The summed E-state index contributed by atoms with van der Waals surface area (Å²) in [4.78, 5) is 0. The quantitative estimate of drug-likeness (QED) is 0.554. The van der Waals surface area contributed by atoms with Gasteiger partial charge in [-0.05, 0) is 0 Å². The van der Waals surface area contributed by atoms with Gasteiger partial charge >= 0.3 is 0 Å². The van der Waals surface area contributed by atoms with Crippen molar-refractivity contribution in [1.29, 1.82) is 0 Å². The molecule has 0 bridgehead atoms. The maximum absolute atomic E-state index is 12.7. The molecule has 0 radical (unpaired) electrons. The van der Waals surface area contributed by atoms with Crippen molar-refractivity contribution in [3.05, 3.63) is 23.4 Å². The molecule has 1 aliphatic carbocycles. The van der Waals surface area contributed by atoms with Crippen LogP contribution in [0.2, 0.25) is 0 Å². The van der Waals surface area contributed by atoms with Gasteiger partial charge in [-0.1, -0.05) is 6.92 Å². The zero-order valence-electron chi connectivity index (χ0n) is 6.14. The van der Waals surface area contributed by atoms with E-state index in [1.54, 1.807) is 6.92 Å². The number of allylic oxidation sites excluding steroid dienone is 2. The van der Waals surface area contributed by atoms with Gasteiger partial charge in [-0.15, -0.1) is 0 Å². The van der Waals surface area contributed by atoms with E-state index in [4.69, 9.17) is 11.5 Å². The molecule has 62 valence electrons. The number of hydrogen-bond donors (Lipinski definition) is 2. The lowest BCUT2D eigenvalue weighted by atomic mass is 9.93. The zero-order chi connectivity index (χ0) is 8.59. The zero-order valence-corrected chi connectivity index (χ0v) is 6.14. The topological polar surface area (TPSA) is 52.0 Å². The summed E-state index contributed by atoms with van der Waals surface area (Å²) in [5, 5.41) is 0. The third kappa shape index (κ3) is 1.26. The Labute approximate surface area is 63.6 Å². The third-order valence-corrected chi connectivity index (χ3v) is 1.89. The van der Waals surface area contributed by atoms with E-state index in [9.17, 15) is 8.78 Å². The molecule has 0 amide bonds. The molecular formula is C7H10F2N2. The minimum absolute atomic E-state index is 0.0268. The molecule has 0 fully saturated rings. The SMILES string of the molecule is CC1C(N)=C(F)C=C(F)C1N. The average Bonchev–Trinajstić information content (AvgIpc) is 1.97. The monoisotopic (exact) mass is 160 g/mol. The fourth-order valence-electron chi connectivity index (χ4n) is 0.950. The summed E-state index contributed by atoms with van der Waals surface area (Å²) in [6, 6.07) is -0.797. The van der Waals surface area contributed by atoms with Gasteiger partial charge in [-0.2, -0.15) is 0 Å². The average molecular weight is 160 g/mol. The van der Waals surface area contributed by atoms with E-state index in [0.717, 1.165) is 6.08 Å². The van der Waals surface area contributed by atoms with Gasteiger partial charge in [0.15, 0.2) is 0 Å². The fraction of sp³-hybridized carbons (Fsp3) is 0.429. The van der Waals surface area contributed by atoms with E-state index < -0.39 is 23.6 Å². The highest BCUT2D eigenvalue weighted by Crippen LogP contribution is 2.26. The Kier molecular flexibility index (Phi) is 1.95. The first kappa shape index (κ1) is 8.20. The second kappa shape index (κ2) is 2.62. The summed E-state index contributed by atoms with van der Waals surface area (Å²) >= 11 is 0. The lowest BCUT2D eigenvalue weighted by Gasteiger charge is -2.22. The fourth-order valence-corrected chi connectivity index (χ4v) is 0.950. The molecule has 0 saturated heterocycles. The van der Waals surface area contributed by atoms with E-state index in [-0.39, 0.29) is 5.70 Å². The minimum atomic E-state index is -0.797. The largest absolute Gasteiger partial charge is 0.399 e. The Balaban J connectivity index is 3.01. The van der Waals surface area contributed by atoms with Gasteiger partial charge < -0.3 is 11.5 Å². The number of halogens is 2. The van der Waals surface area contributed by atoms with Crippen LogP contribution >= 0.6 is 0 Å². The smallest absolute Gasteiger partial charge is 0.144 e. The number of hydrogen-bond acceptors (Lipinski definition) is 2. The highest BCUT2D eigenvalue weighted by atomic mass is 19.1. The highest BCUT2D eigenvalue weighted by Gasteiger charge is 2.26. The molecule has 4 N–H and O–H groups in total. The van der Waals surface area contributed by atoms with Gasteiger partial charge in [-0.3, -0.25) is 0 Å². The van der Waals surface area contributed by atoms with Gasteiger partial charge in [0.2, 0.25) is 0 Å². The van der Waals surface area contributed by atoms with Crippen LogP contribution < -0.4 is 11.5 Å². The molecule has 0 aromatic rings. The van der Waals surface area contributed by atoms with Gasteiger partial charge in [0, 0.05) is 17.7 Å². The van der Waals surface area contributed by atoms with E-state index >= 15 is 0 Å². The Hall–Kier alpha value is -0.900. The molecule has 2 atom stereocenters. The van der Waals surface area contributed by atoms with Crippen molar-refractivity contribution in [3.8, 4) is 0 Å². The Morgan fingerprint density at radius 3 is 2.55 bits per heavy atom. The van der Waals surface area contributed by atoms with Crippen LogP contribution in [0.15, 0.2) is 23.4 Å². The molecule has 0 saturated carbocycles. The normalized spacial score (nSPS) is 32.2. The second-order valence-electron chi connectivity index (χ2n) is 2.65. The highest BCUT2D eigenvalue weighted by molar-refractivity contribution is 5.30. The van der Waals surface area contributed by atoms with Crippen molar-refractivity contribution >= 4 is 0 Å². The van der Waals surface area contributed by atoms with Crippen LogP contribution in [-0.2, 0) is 0 Å². The minimum Gasteiger partial charge on any atom is -0.399 e. The summed E-state index contributed by atoms with van der Waals surface area (Å²) < 4.78 is 25.3. The molecule has 4 heteroatoms. The first-order valence-corrected chi connectivity index (χ1v) is 3.32. The summed E-state index contributed by atoms with van der Waals surface area (Å²) in [5.41, 5.74) is 10.7. The maximum Gasteiger partial charge on any atom is 0.144 e. The lowest BCUT2D eigenvalue weighted by Crippen LogP contribution is -2.35. The van der Waals surface area contributed by atoms with E-state index in [2.05, 4.69) is 0 Å². The molecule has 0 aliphatic heterocycles. The molecule has 2 unspecified atom stereocenters. The molecule has 1 rings (SSSR count).